The molecule has 0 radical (unpaired) electrons. The van der Waals surface area contributed by atoms with Crippen LogP contribution in [-0.2, 0) is 18.3 Å². The minimum Gasteiger partial charge on any atom is -0.478 e. The Morgan fingerprint density at radius 3 is 2.95 bits per heavy atom. The van der Waals surface area contributed by atoms with Crippen molar-refractivity contribution in [2.45, 2.75) is 6.42 Å². The first-order chi connectivity index (χ1) is 10.1. The van der Waals surface area contributed by atoms with Crippen molar-refractivity contribution in [3.63, 3.8) is 0 Å². The third kappa shape index (κ3) is 4.28. The lowest BCUT2D eigenvalue weighted by atomic mass is 10.3. The standard InChI is InChI=1S/C14H15N3O3S/c1-17-9-8-15-12(17)6-7-16-14(20)11-4-2-10(21-11)3-5-13(18)19/h2-5,8-9H,6-7H2,1H3,(H,16,20)(H,18,19). The number of aryl methyl sites for hydroxylation is 1. The zero-order valence-electron chi connectivity index (χ0n) is 11.4. The molecule has 0 aliphatic carbocycles. The summed E-state index contributed by atoms with van der Waals surface area (Å²) in [6, 6.07) is 3.40. The van der Waals surface area contributed by atoms with Gasteiger partial charge in [-0.25, -0.2) is 9.78 Å². The molecule has 1 amide bonds. The Hall–Kier alpha value is -2.41. The van der Waals surface area contributed by atoms with Crippen molar-refractivity contribution in [3.8, 4) is 0 Å². The van der Waals surface area contributed by atoms with Crippen LogP contribution in [0.5, 0.6) is 0 Å². The van der Waals surface area contributed by atoms with E-state index in [4.69, 9.17) is 5.11 Å². The Labute approximate surface area is 125 Å². The van der Waals surface area contributed by atoms with E-state index >= 15 is 0 Å². The molecule has 0 spiro atoms. The topological polar surface area (TPSA) is 84.2 Å². The van der Waals surface area contributed by atoms with Crippen molar-refractivity contribution in [1.29, 1.82) is 0 Å². The Bertz CT molecular complexity index is 673. The molecule has 2 rings (SSSR count). The second-order valence-electron chi connectivity index (χ2n) is 4.33. The number of nitrogens with zero attached hydrogens (tertiary/aromatic N) is 2. The normalized spacial score (nSPS) is 10.9. The number of carbonyl (C=O) groups excluding carboxylic acids is 1. The number of rotatable bonds is 6. The highest BCUT2D eigenvalue weighted by atomic mass is 32.1. The van der Waals surface area contributed by atoms with Gasteiger partial charge in [0.1, 0.15) is 5.82 Å². The van der Waals surface area contributed by atoms with Gasteiger partial charge < -0.3 is 15.0 Å². The summed E-state index contributed by atoms with van der Waals surface area (Å²) in [7, 11) is 1.91. The van der Waals surface area contributed by atoms with Crippen LogP contribution in [0.3, 0.4) is 0 Å². The van der Waals surface area contributed by atoms with Crippen molar-refractivity contribution in [2.24, 2.45) is 7.05 Å². The summed E-state index contributed by atoms with van der Waals surface area (Å²) >= 11 is 1.25. The molecule has 2 aromatic rings. The number of nitrogens with one attached hydrogen (secondary N) is 1. The van der Waals surface area contributed by atoms with Crippen molar-refractivity contribution < 1.29 is 14.7 Å². The molecule has 21 heavy (non-hydrogen) atoms. The minimum atomic E-state index is -1.01. The second-order valence-corrected chi connectivity index (χ2v) is 5.45. The lowest BCUT2D eigenvalue weighted by Gasteiger charge is -2.03. The number of carboxylic acid groups (broad SMARTS) is 1. The van der Waals surface area contributed by atoms with Gasteiger partial charge in [0.2, 0.25) is 0 Å². The van der Waals surface area contributed by atoms with Crippen LogP contribution in [-0.4, -0.2) is 33.1 Å². The summed E-state index contributed by atoms with van der Waals surface area (Å²) in [4.78, 5) is 27.8. The van der Waals surface area contributed by atoms with Crippen LogP contribution in [0, 0.1) is 0 Å². The zero-order chi connectivity index (χ0) is 15.2. The number of aromatic nitrogens is 2. The molecule has 2 heterocycles. The van der Waals surface area contributed by atoms with Gasteiger partial charge in [0.25, 0.3) is 5.91 Å². The highest BCUT2D eigenvalue weighted by Crippen LogP contribution is 2.17. The van der Waals surface area contributed by atoms with Crippen LogP contribution < -0.4 is 5.32 Å². The quantitative estimate of drug-likeness (QED) is 0.793. The van der Waals surface area contributed by atoms with Crippen LogP contribution in [0.4, 0.5) is 0 Å². The molecule has 0 aliphatic heterocycles. The third-order valence-corrected chi connectivity index (χ3v) is 3.85. The van der Waals surface area contributed by atoms with Crippen LogP contribution >= 0.6 is 11.3 Å². The monoisotopic (exact) mass is 305 g/mol. The summed E-state index contributed by atoms with van der Waals surface area (Å²) in [6.07, 6.45) is 6.76. The number of hydrogen-bond donors (Lipinski definition) is 2. The first-order valence-corrected chi connectivity index (χ1v) is 7.13. The minimum absolute atomic E-state index is 0.163. The van der Waals surface area contributed by atoms with Gasteiger partial charge in [0.15, 0.2) is 0 Å². The summed E-state index contributed by atoms with van der Waals surface area (Å²) in [5.74, 6) is -0.264. The molecule has 2 aromatic heterocycles. The van der Waals surface area contributed by atoms with Crippen LogP contribution in [0.15, 0.2) is 30.6 Å². The summed E-state index contributed by atoms with van der Waals surface area (Å²) < 4.78 is 1.91. The molecule has 0 saturated carbocycles. The van der Waals surface area contributed by atoms with Gasteiger partial charge >= 0.3 is 5.97 Å². The molecular formula is C14H15N3O3S. The summed E-state index contributed by atoms with van der Waals surface area (Å²) in [5, 5.41) is 11.4. The first kappa shape index (κ1) is 15.0. The number of carboxylic acids is 1. The van der Waals surface area contributed by atoms with E-state index in [1.165, 1.54) is 17.4 Å². The number of hydrogen-bond acceptors (Lipinski definition) is 4. The van der Waals surface area contributed by atoms with Gasteiger partial charge in [-0.1, -0.05) is 0 Å². The maximum absolute atomic E-state index is 11.9. The summed E-state index contributed by atoms with van der Waals surface area (Å²) in [6.45, 7) is 0.502. The lowest BCUT2D eigenvalue weighted by molar-refractivity contribution is -0.131. The van der Waals surface area contributed by atoms with E-state index in [0.29, 0.717) is 17.8 Å². The van der Waals surface area contributed by atoms with E-state index in [-0.39, 0.29) is 5.91 Å². The van der Waals surface area contributed by atoms with Gasteiger partial charge in [-0.15, -0.1) is 11.3 Å². The molecule has 6 nitrogen and oxygen atoms in total. The Morgan fingerprint density at radius 1 is 1.48 bits per heavy atom. The predicted octanol–water partition coefficient (Wildman–Crippen LogP) is 1.55. The van der Waals surface area contributed by atoms with Crippen molar-refractivity contribution in [1.82, 2.24) is 14.9 Å². The fourth-order valence-corrected chi connectivity index (χ4v) is 2.56. The lowest BCUT2D eigenvalue weighted by Crippen LogP contribution is -2.25. The van der Waals surface area contributed by atoms with Crippen molar-refractivity contribution in [2.75, 3.05) is 6.54 Å². The van der Waals surface area contributed by atoms with Crippen LogP contribution in [0.25, 0.3) is 6.08 Å². The second kappa shape index (κ2) is 6.85. The number of carbonyl (C=O) groups is 2. The van der Waals surface area contributed by atoms with Gasteiger partial charge in [-0.05, 0) is 18.2 Å². The largest absolute Gasteiger partial charge is 0.478 e. The van der Waals surface area contributed by atoms with Crippen LogP contribution in [0.2, 0.25) is 0 Å². The molecular weight excluding hydrogens is 290 g/mol. The summed E-state index contributed by atoms with van der Waals surface area (Å²) in [5.41, 5.74) is 0. The fraction of sp³-hybridized carbons (Fsp3) is 0.214. The molecule has 0 saturated heterocycles. The maximum atomic E-state index is 11.9. The van der Waals surface area contributed by atoms with E-state index in [9.17, 15) is 9.59 Å². The highest BCUT2D eigenvalue weighted by Gasteiger charge is 2.08. The van der Waals surface area contributed by atoms with Crippen molar-refractivity contribution >= 4 is 29.3 Å². The molecule has 0 aromatic carbocycles. The molecule has 0 unspecified atom stereocenters. The fourth-order valence-electron chi connectivity index (χ4n) is 1.73. The number of thiophene rings is 1. The Morgan fingerprint density at radius 2 is 2.29 bits per heavy atom. The third-order valence-electron chi connectivity index (χ3n) is 2.80. The van der Waals surface area contributed by atoms with E-state index < -0.39 is 5.97 Å². The Balaban J connectivity index is 1.86. The predicted molar refractivity (Wildman–Crippen MR) is 80.2 cm³/mol. The van der Waals surface area contributed by atoms with Crippen molar-refractivity contribution in [3.05, 3.63) is 46.2 Å². The SMILES string of the molecule is Cn1ccnc1CCNC(=O)c1ccc(C=CC(=O)O)s1. The van der Waals surface area contributed by atoms with E-state index in [2.05, 4.69) is 10.3 Å². The first-order valence-electron chi connectivity index (χ1n) is 6.31. The van der Waals surface area contributed by atoms with E-state index in [1.54, 1.807) is 18.3 Å². The van der Waals surface area contributed by atoms with Gasteiger partial charge in [0.05, 0.1) is 4.88 Å². The smallest absolute Gasteiger partial charge is 0.328 e. The molecule has 0 aliphatic rings. The highest BCUT2D eigenvalue weighted by molar-refractivity contribution is 7.14. The molecule has 110 valence electrons. The van der Waals surface area contributed by atoms with E-state index in [0.717, 1.165) is 16.8 Å². The Kier molecular flexibility index (Phi) is 4.89. The molecule has 0 fully saturated rings. The molecule has 7 heteroatoms. The average molecular weight is 305 g/mol. The van der Waals surface area contributed by atoms with Crippen LogP contribution in [0.1, 0.15) is 20.4 Å². The average Bonchev–Trinajstić information content (AvgIpc) is 3.06. The molecule has 0 atom stereocenters. The maximum Gasteiger partial charge on any atom is 0.328 e. The number of imidazole rings is 1. The van der Waals surface area contributed by atoms with Gasteiger partial charge in [-0.2, -0.15) is 0 Å². The number of amides is 1. The molecule has 0 bridgehead atoms. The van der Waals surface area contributed by atoms with Gasteiger partial charge in [0, 0.05) is 43.4 Å². The van der Waals surface area contributed by atoms with E-state index in [1.807, 2.05) is 17.8 Å². The molecule has 2 N–H and O–H groups in total. The van der Waals surface area contributed by atoms with Gasteiger partial charge in [-0.3, -0.25) is 4.79 Å². The zero-order valence-corrected chi connectivity index (χ0v) is 12.3. The number of aliphatic carboxylic acids is 1.